The van der Waals surface area contributed by atoms with Crippen LogP contribution in [0.3, 0.4) is 0 Å². The summed E-state index contributed by atoms with van der Waals surface area (Å²) in [4.78, 5) is 12.3. The molecule has 0 aliphatic carbocycles. The molecule has 2 rings (SSSR count). The van der Waals surface area contributed by atoms with Crippen molar-refractivity contribution in [1.82, 2.24) is 0 Å². The molecule has 0 bridgehead atoms. The van der Waals surface area contributed by atoms with Gasteiger partial charge in [0.2, 0.25) is 0 Å². The van der Waals surface area contributed by atoms with Crippen molar-refractivity contribution >= 4 is 5.78 Å². The van der Waals surface area contributed by atoms with Crippen LogP contribution in [0.5, 0.6) is 0 Å². The summed E-state index contributed by atoms with van der Waals surface area (Å²) in [6, 6.07) is 9.14. The van der Waals surface area contributed by atoms with Crippen LogP contribution in [0.25, 0.3) is 0 Å². The van der Waals surface area contributed by atoms with Crippen molar-refractivity contribution in [3.05, 3.63) is 81.4 Å². The lowest BCUT2D eigenvalue weighted by Crippen LogP contribution is -2.19. The summed E-state index contributed by atoms with van der Waals surface area (Å²) < 4.78 is 0. The van der Waals surface area contributed by atoms with Crippen LogP contribution in [0.15, 0.2) is 36.9 Å². The smallest absolute Gasteiger partial charge is 0.159 e. The predicted octanol–water partition coefficient (Wildman–Crippen LogP) is 7.10. The topological polar surface area (TPSA) is 17.1 Å². The van der Waals surface area contributed by atoms with Gasteiger partial charge in [-0.1, -0.05) is 83.5 Å². The van der Waals surface area contributed by atoms with Gasteiger partial charge in [-0.25, -0.2) is 0 Å². The maximum Gasteiger partial charge on any atom is 0.159 e. The first-order valence-electron chi connectivity index (χ1n) is 10.6. The molecule has 0 unspecified atom stereocenters. The van der Waals surface area contributed by atoms with Crippen LogP contribution in [0.4, 0.5) is 0 Å². The highest BCUT2D eigenvalue weighted by molar-refractivity contribution is 5.91. The molecular formula is C28H38O. The molecule has 0 fully saturated rings. The molecule has 0 N–H and O–H groups in total. The van der Waals surface area contributed by atoms with Crippen molar-refractivity contribution in [2.75, 3.05) is 0 Å². The fourth-order valence-corrected chi connectivity index (χ4v) is 4.27. The molecule has 1 heteroatoms. The fourth-order valence-electron chi connectivity index (χ4n) is 4.27. The molecule has 0 saturated carbocycles. The van der Waals surface area contributed by atoms with Gasteiger partial charge in [-0.3, -0.25) is 4.79 Å². The second kappa shape index (κ2) is 8.30. The molecule has 0 spiro atoms. The van der Waals surface area contributed by atoms with E-state index in [1.54, 1.807) is 0 Å². The predicted molar refractivity (Wildman–Crippen MR) is 126 cm³/mol. The molecule has 156 valence electrons. The van der Waals surface area contributed by atoms with E-state index in [4.69, 9.17) is 0 Å². The summed E-state index contributed by atoms with van der Waals surface area (Å²) in [6.07, 6.45) is 2.72. The van der Waals surface area contributed by atoms with Crippen molar-refractivity contribution in [1.29, 1.82) is 0 Å². The lowest BCUT2D eigenvalue weighted by Gasteiger charge is -2.27. The zero-order chi connectivity index (χ0) is 22.1. The Labute approximate surface area is 178 Å². The van der Waals surface area contributed by atoms with E-state index in [-0.39, 0.29) is 16.6 Å². The Kier molecular flexibility index (Phi) is 6.62. The minimum absolute atomic E-state index is 0.0181. The fraction of sp³-hybridized carbons (Fsp3) is 0.464. The number of hydrogen-bond donors (Lipinski definition) is 0. The van der Waals surface area contributed by atoms with Crippen LogP contribution in [0, 0.1) is 20.8 Å². The van der Waals surface area contributed by atoms with Gasteiger partial charge in [0.15, 0.2) is 5.78 Å². The molecule has 2 aromatic carbocycles. The first-order chi connectivity index (χ1) is 13.2. The van der Waals surface area contributed by atoms with Crippen molar-refractivity contribution in [2.24, 2.45) is 0 Å². The maximum absolute atomic E-state index is 12.3. The molecule has 0 aromatic heterocycles. The van der Waals surface area contributed by atoms with Gasteiger partial charge in [0.1, 0.15) is 0 Å². The lowest BCUT2D eigenvalue weighted by molar-refractivity contribution is -0.114. The van der Waals surface area contributed by atoms with Gasteiger partial charge in [0.05, 0.1) is 0 Å². The number of hydrogen-bond acceptors (Lipinski definition) is 1. The Morgan fingerprint density at radius 1 is 0.828 bits per heavy atom. The van der Waals surface area contributed by atoms with Crippen molar-refractivity contribution in [2.45, 2.75) is 86.0 Å². The Morgan fingerprint density at radius 3 is 1.79 bits per heavy atom. The standard InChI is InChI=1S/C28H38O/c1-11-23(29)17-24-22(13-19(3)15-26(24)28(8,9)10)16-21-12-18(2)14-25(20(21)4)27(5,6)7/h11-15H,1,16-17H2,2-10H3. The number of allylic oxidation sites excluding steroid dienone is 1. The Bertz CT molecular complexity index is 930. The Hall–Kier alpha value is -2.15. The van der Waals surface area contributed by atoms with Crippen LogP contribution in [0.2, 0.25) is 0 Å². The zero-order valence-electron chi connectivity index (χ0n) is 19.9. The van der Waals surface area contributed by atoms with Gasteiger partial charge in [-0.2, -0.15) is 0 Å². The van der Waals surface area contributed by atoms with Crippen LogP contribution in [-0.2, 0) is 28.5 Å². The number of aryl methyl sites for hydroxylation is 2. The van der Waals surface area contributed by atoms with Gasteiger partial charge in [0.25, 0.3) is 0 Å². The molecule has 0 aliphatic rings. The summed E-state index contributed by atoms with van der Waals surface area (Å²) in [7, 11) is 0. The number of benzene rings is 2. The highest BCUT2D eigenvalue weighted by Crippen LogP contribution is 2.34. The van der Waals surface area contributed by atoms with E-state index in [9.17, 15) is 4.79 Å². The van der Waals surface area contributed by atoms with Crippen LogP contribution in [0.1, 0.15) is 86.1 Å². The molecule has 29 heavy (non-hydrogen) atoms. The third kappa shape index (κ3) is 5.47. The minimum atomic E-state index is -0.0181. The molecule has 0 aliphatic heterocycles. The molecule has 0 saturated heterocycles. The van der Waals surface area contributed by atoms with Crippen LogP contribution < -0.4 is 0 Å². The third-order valence-electron chi connectivity index (χ3n) is 5.72. The number of ketones is 1. The highest BCUT2D eigenvalue weighted by atomic mass is 16.1. The van der Waals surface area contributed by atoms with Crippen molar-refractivity contribution < 1.29 is 4.79 Å². The quantitative estimate of drug-likeness (QED) is 0.498. The van der Waals surface area contributed by atoms with Gasteiger partial charge >= 0.3 is 0 Å². The van der Waals surface area contributed by atoms with E-state index < -0.39 is 0 Å². The average Bonchev–Trinajstić information content (AvgIpc) is 2.57. The summed E-state index contributed by atoms with van der Waals surface area (Å²) >= 11 is 0. The number of carbonyl (C=O) groups is 1. The number of carbonyl (C=O) groups excluding carboxylic acids is 1. The molecule has 0 amide bonds. The van der Waals surface area contributed by atoms with Crippen molar-refractivity contribution in [3.63, 3.8) is 0 Å². The van der Waals surface area contributed by atoms with E-state index in [0.29, 0.717) is 6.42 Å². The molecule has 0 heterocycles. The lowest BCUT2D eigenvalue weighted by atomic mass is 9.77. The summed E-state index contributed by atoms with van der Waals surface area (Å²) in [5, 5.41) is 0. The largest absolute Gasteiger partial charge is 0.295 e. The first kappa shape index (κ1) is 23.1. The van der Waals surface area contributed by atoms with E-state index in [0.717, 1.165) is 6.42 Å². The normalized spacial score (nSPS) is 12.2. The molecule has 0 atom stereocenters. The molecule has 0 radical (unpaired) electrons. The zero-order valence-corrected chi connectivity index (χ0v) is 19.9. The van der Waals surface area contributed by atoms with Gasteiger partial charge < -0.3 is 0 Å². The maximum atomic E-state index is 12.3. The average molecular weight is 391 g/mol. The summed E-state index contributed by atoms with van der Waals surface area (Å²) in [5.41, 5.74) is 10.5. The molecular weight excluding hydrogens is 352 g/mol. The molecule has 2 aromatic rings. The second-order valence-electron chi connectivity index (χ2n) is 10.6. The first-order valence-corrected chi connectivity index (χ1v) is 10.6. The summed E-state index contributed by atoms with van der Waals surface area (Å²) in [6.45, 7) is 23.8. The van der Waals surface area contributed by atoms with Gasteiger partial charge in [-0.15, -0.1) is 0 Å². The van der Waals surface area contributed by atoms with Gasteiger partial charge in [-0.05, 0) is 77.5 Å². The minimum Gasteiger partial charge on any atom is -0.295 e. The monoisotopic (exact) mass is 390 g/mol. The Morgan fingerprint density at radius 2 is 1.31 bits per heavy atom. The van der Waals surface area contributed by atoms with Crippen LogP contribution >= 0.6 is 0 Å². The van der Waals surface area contributed by atoms with Crippen molar-refractivity contribution in [3.8, 4) is 0 Å². The Balaban J connectivity index is 2.70. The van der Waals surface area contributed by atoms with E-state index in [1.165, 1.54) is 50.6 Å². The second-order valence-corrected chi connectivity index (χ2v) is 10.6. The third-order valence-corrected chi connectivity index (χ3v) is 5.72. The highest BCUT2D eigenvalue weighted by Gasteiger charge is 2.23. The van der Waals surface area contributed by atoms with E-state index in [2.05, 4.69) is 93.2 Å². The van der Waals surface area contributed by atoms with E-state index in [1.807, 2.05) is 0 Å². The summed E-state index contributed by atoms with van der Waals surface area (Å²) in [5.74, 6) is 0.0805. The van der Waals surface area contributed by atoms with E-state index >= 15 is 0 Å². The number of rotatable bonds is 5. The SMILES string of the molecule is C=CC(=O)Cc1c(Cc2cc(C)cc(C(C)(C)C)c2C)cc(C)cc1C(C)(C)C. The van der Waals surface area contributed by atoms with Gasteiger partial charge in [0, 0.05) is 6.42 Å². The molecule has 1 nitrogen and oxygen atoms in total. The van der Waals surface area contributed by atoms with Crippen LogP contribution in [-0.4, -0.2) is 5.78 Å².